The second kappa shape index (κ2) is 24.8. The van der Waals surface area contributed by atoms with E-state index >= 15 is 0 Å². The Kier molecular flexibility index (Phi) is 24.3. The molecule has 0 heterocycles. The lowest BCUT2D eigenvalue weighted by atomic mass is 10.0. The van der Waals surface area contributed by atoms with Gasteiger partial charge in [-0.2, -0.15) is 0 Å². The summed E-state index contributed by atoms with van der Waals surface area (Å²) in [6, 6.07) is -0.795. The summed E-state index contributed by atoms with van der Waals surface area (Å²) in [6.45, 7) is 4.58. The molecule has 0 aromatic carbocycles. The van der Waals surface area contributed by atoms with Crippen molar-refractivity contribution in [3.05, 3.63) is 12.2 Å². The number of unbranched alkanes of at least 4 members (excludes halogenated alkanes) is 13. The number of phosphoric acid groups is 1. The number of carbonyl (C=O) groups excluding carboxylic acids is 1. The van der Waals surface area contributed by atoms with E-state index in [4.69, 9.17) is 9.05 Å². The van der Waals surface area contributed by atoms with Gasteiger partial charge < -0.3 is 28.8 Å². The topological polar surface area (TPSA) is 108 Å². The van der Waals surface area contributed by atoms with E-state index in [0.29, 0.717) is 23.9 Å². The molecule has 0 aromatic heterocycles. The third-order valence-electron chi connectivity index (χ3n) is 7.00. The predicted molar refractivity (Wildman–Crippen MR) is 164 cm³/mol. The number of nitrogens with one attached hydrogen (secondary N) is 1. The van der Waals surface area contributed by atoms with E-state index in [1.54, 1.807) is 0 Å². The van der Waals surface area contributed by atoms with E-state index < -0.39 is 20.0 Å². The Morgan fingerprint density at radius 3 is 2.02 bits per heavy atom. The Hall–Kier alpha value is -0.760. The molecular weight excluding hydrogens is 527 g/mol. The summed E-state index contributed by atoms with van der Waals surface area (Å²) in [5.41, 5.74) is 0. The third kappa shape index (κ3) is 26.2. The van der Waals surface area contributed by atoms with Crippen LogP contribution in [0.3, 0.4) is 0 Å². The van der Waals surface area contributed by atoms with Gasteiger partial charge in [0.2, 0.25) is 5.91 Å². The number of aliphatic hydroxyl groups excluding tert-OH is 1. The first kappa shape index (κ1) is 39.2. The molecule has 0 saturated carbocycles. The highest BCUT2D eigenvalue weighted by molar-refractivity contribution is 7.45. The van der Waals surface area contributed by atoms with E-state index in [1.165, 1.54) is 51.4 Å². The number of quaternary nitrogens is 1. The second-order valence-electron chi connectivity index (χ2n) is 12.2. The van der Waals surface area contributed by atoms with E-state index in [9.17, 15) is 19.4 Å². The fraction of sp³-hybridized carbons (Fsp3) is 0.903. The molecule has 1 amide bonds. The van der Waals surface area contributed by atoms with Crippen LogP contribution in [0, 0.1) is 0 Å². The molecule has 0 radical (unpaired) electrons. The summed E-state index contributed by atoms with van der Waals surface area (Å²) < 4.78 is 22.9. The maximum absolute atomic E-state index is 12.6. The minimum absolute atomic E-state index is 0.0109. The molecule has 0 spiro atoms. The van der Waals surface area contributed by atoms with Crippen molar-refractivity contribution in [1.82, 2.24) is 5.32 Å². The first-order valence-corrected chi connectivity index (χ1v) is 17.5. The molecule has 8 nitrogen and oxygen atoms in total. The van der Waals surface area contributed by atoms with Crippen LogP contribution in [0.1, 0.15) is 129 Å². The zero-order valence-corrected chi connectivity index (χ0v) is 27.4. The maximum atomic E-state index is 12.6. The molecule has 0 rings (SSSR count). The molecule has 3 unspecified atom stereocenters. The van der Waals surface area contributed by atoms with Crippen LogP contribution >= 0.6 is 7.82 Å². The Morgan fingerprint density at radius 2 is 1.40 bits per heavy atom. The molecule has 2 N–H and O–H groups in total. The van der Waals surface area contributed by atoms with E-state index in [1.807, 2.05) is 21.1 Å². The largest absolute Gasteiger partial charge is 0.756 e. The minimum Gasteiger partial charge on any atom is -0.756 e. The summed E-state index contributed by atoms with van der Waals surface area (Å²) in [7, 11) is 1.29. The normalized spacial score (nSPS) is 15.3. The summed E-state index contributed by atoms with van der Waals surface area (Å²) in [5.74, 6) is -0.183. The van der Waals surface area contributed by atoms with Crippen LogP contribution < -0.4 is 10.2 Å². The predicted octanol–water partition coefficient (Wildman–Crippen LogP) is 6.66. The number of phosphoric ester groups is 1. The van der Waals surface area contributed by atoms with Crippen LogP contribution in [0.15, 0.2) is 12.2 Å². The van der Waals surface area contributed by atoms with Crippen LogP contribution in [0.2, 0.25) is 0 Å². The standard InChI is InChI=1S/C31H63N2O6P/c1-6-8-10-12-14-15-16-17-19-21-23-25-31(35)32-29(30(34)24-22-20-18-13-11-9-7-2)28-39-40(36,37)38-27-26-33(3,4)5/h12,14,29-30,34H,6-11,13,15-28H2,1-5H3,(H-,32,35,36,37)/b14-12-. The first-order valence-electron chi connectivity index (χ1n) is 16.0. The van der Waals surface area contributed by atoms with Crippen molar-refractivity contribution in [3.63, 3.8) is 0 Å². The van der Waals surface area contributed by atoms with E-state index in [0.717, 1.165) is 51.4 Å². The molecule has 238 valence electrons. The first-order chi connectivity index (χ1) is 19.0. The molecule has 0 bridgehead atoms. The highest BCUT2D eigenvalue weighted by Crippen LogP contribution is 2.38. The molecular formula is C31H63N2O6P. The maximum Gasteiger partial charge on any atom is 0.268 e. The number of allylic oxidation sites excluding steroid dienone is 2. The molecule has 0 fully saturated rings. The van der Waals surface area contributed by atoms with Crippen LogP contribution in [0.4, 0.5) is 0 Å². The number of amides is 1. The Balaban J connectivity index is 4.55. The van der Waals surface area contributed by atoms with Gasteiger partial charge in [0.15, 0.2) is 0 Å². The monoisotopic (exact) mass is 590 g/mol. The molecule has 0 saturated heterocycles. The van der Waals surface area contributed by atoms with Gasteiger partial charge in [-0.05, 0) is 32.1 Å². The number of rotatable bonds is 28. The van der Waals surface area contributed by atoms with Crippen LogP contribution in [-0.2, 0) is 18.4 Å². The van der Waals surface area contributed by atoms with Crippen molar-refractivity contribution in [2.45, 2.75) is 142 Å². The van der Waals surface area contributed by atoms with Crippen molar-refractivity contribution in [2.75, 3.05) is 40.9 Å². The Morgan fingerprint density at radius 1 is 0.850 bits per heavy atom. The lowest BCUT2D eigenvalue weighted by Crippen LogP contribution is -2.46. The summed E-state index contributed by atoms with van der Waals surface area (Å²) in [5, 5.41) is 13.6. The number of carbonyl (C=O) groups is 1. The van der Waals surface area contributed by atoms with Crippen LogP contribution in [0.5, 0.6) is 0 Å². The van der Waals surface area contributed by atoms with Gasteiger partial charge in [0.1, 0.15) is 13.2 Å². The average molecular weight is 591 g/mol. The van der Waals surface area contributed by atoms with Crippen LogP contribution in [-0.4, -0.2) is 68.5 Å². The van der Waals surface area contributed by atoms with Gasteiger partial charge in [-0.15, -0.1) is 0 Å². The molecule has 0 aliphatic heterocycles. The lowest BCUT2D eigenvalue weighted by molar-refractivity contribution is -0.870. The smallest absolute Gasteiger partial charge is 0.268 e. The zero-order valence-electron chi connectivity index (χ0n) is 26.5. The number of hydrogen-bond acceptors (Lipinski definition) is 6. The highest BCUT2D eigenvalue weighted by atomic mass is 31.2. The lowest BCUT2D eigenvalue weighted by Gasteiger charge is -2.30. The van der Waals surface area contributed by atoms with Crippen LogP contribution in [0.25, 0.3) is 0 Å². The Bertz CT molecular complexity index is 683. The van der Waals surface area contributed by atoms with Gasteiger partial charge in [-0.3, -0.25) is 9.36 Å². The van der Waals surface area contributed by atoms with Gasteiger partial charge >= 0.3 is 0 Å². The fourth-order valence-electron chi connectivity index (χ4n) is 4.31. The molecule has 40 heavy (non-hydrogen) atoms. The Labute approximate surface area is 246 Å². The van der Waals surface area contributed by atoms with Gasteiger partial charge in [0, 0.05) is 6.42 Å². The minimum atomic E-state index is -4.54. The van der Waals surface area contributed by atoms with Crippen molar-refractivity contribution < 1.29 is 32.9 Å². The van der Waals surface area contributed by atoms with E-state index in [-0.39, 0.29) is 19.1 Å². The molecule has 3 atom stereocenters. The van der Waals surface area contributed by atoms with Crippen molar-refractivity contribution in [2.24, 2.45) is 0 Å². The van der Waals surface area contributed by atoms with E-state index in [2.05, 4.69) is 31.3 Å². The summed E-state index contributed by atoms with van der Waals surface area (Å²) in [4.78, 5) is 24.9. The molecule has 0 aromatic rings. The number of hydrogen-bond donors (Lipinski definition) is 2. The number of aliphatic hydroxyl groups is 1. The number of likely N-dealkylation sites (N-methyl/N-ethyl adjacent to an activating group) is 1. The summed E-state index contributed by atoms with van der Waals surface area (Å²) in [6.07, 6.45) is 22.3. The summed E-state index contributed by atoms with van der Waals surface area (Å²) >= 11 is 0. The van der Waals surface area contributed by atoms with Gasteiger partial charge in [0.25, 0.3) is 7.82 Å². The molecule has 9 heteroatoms. The number of nitrogens with zero attached hydrogens (tertiary/aromatic N) is 1. The van der Waals surface area contributed by atoms with Crippen molar-refractivity contribution in [1.29, 1.82) is 0 Å². The molecule has 0 aliphatic carbocycles. The zero-order chi connectivity index (χ0) is 30.1. The SMILES string of the molecule is CCCC/C=C\CCCCCCCC(=O)NC(COP(=O)([O-])OCC[N+](C)(C)C)C(O)CCCCCCCCC. The van der Waals surface area contributed by atoms with Gasteiger partial charge in [-0.25, -0.2) is 0 Å². The molecule has 0 aliphatic rings. The van der Waals surface area contributed by atoms with Crippen molar-refractivity contribution >= 4 is 13.7 Å². The van der Waals surface area contributed by atoms with Crippen molar-refractivity contribution in [3.8, 4) is 0 Å². The quantitative estimate of drug-likeness (QED) is 0.0457. The second-order valence-corrected chi connectivity index (χ2v) is 13.6. The third-order valence-corrected chi connectivity index (χ3v) is 7.97. The average Bonchev–Trinajstić information content (AvgIpc) is 2.88. The fourth-order valence-corrected chi connectivity index (χ4v) is 5.03. The van der Waals surface area contributed by atoms with Gasteiger partial charge in [-0.1, -0.05) is 103 Å². The highest BCUT2D eigenvalue weighted by Gasteiger charge is 2.24. The van der Waals surface area contributed by atoms with Gasteiger partial charge in [0.05, 0.1) is 39.9 Å².